The van der Waals surface area contributed by atoms with Gasteiger partial charge in [0, 0.05) is 45.1 Å². The van der Waals surface area contributed by atoms with E-state index < -0.39 is 10.0 Å². The van der Waals surface area contributed by atoms with E-state index >= 15 is 0 Å². The highest BCUT2D eigenvalue weighted by molar-refractivity contribution is 7.88. The summed E-state index contributed by atoms with van der Waals surface area (Å²) in [4.78, 5) is 11.0. The number of guanidine groups is 1. The summed E-state index contributed by atoms with van der Waals surface area (Å²) in [5, 5.41) is 3.44. The molecule has 1 aromatic heterocycles. The quantitative estimate of drug-likeness (QED) is 0.503. The summed E-state index contributed by atoms with van der Waals surface area (Å²) in [6, 6.07) is 7.86. The van der Waals surface area contributed by atoms with E-state index in [0.29, 0.717) is 18.5 Å². The second kappa shape index (κ2) is 10.3. The SMILES string of the molecule is CN=C(NCc1ccccc1CS(=O)(=O)NC(C)C)N1CCC(C)C(n2ccnc2)C1. The normalized spacial score (nSPS) is 20.3. The van der Waals surface area contributed by atoms with Gasteiger partial charge in [0.2, 0.25) is 10.0 Å². The number of aromatic nitrogens is 2. The molecule has 0 aliphatic carbocycles. The third-order valence-electron chi connectivity index (χ3n) is 5.65. The van der Waals surface area contributed by atoms with Gasteiger partial charge in [-0.3, -0.25) is 4.99 Å². The third kappa shape index (κ3) is 6.30. The van der Waals surface area contributed by atoms with Gasteiger partial charge in [-0.15, -0.1) is 0 Å². The van der Waals surface area contributed by atoms with Crippen LogP contribution >= 0.6 is 0 Å². The van der Waals surface area contributed by atoms with Crippen molar-refractivity contribution in [1.29, 1.82) is 0 Å². The first-order valence-electron chi connectivity index (χ1n) is 10.8. The topological polar surface area (TPSA) is 91.6 Å². The zero-order valence-corrected chi connectivity index (χ0v) is 19.6. The Morgan fingerprint density at radius 2 is 2.03 bits per heavy atom. The van der Waals surface area contributed by atoms with E-state index in [1.807, 2.05) is 56.8 Å². The molecule has 1 fully saturated rings. The Kier molecular flexibility index (Phi) is 7.72. The number of sulfonamides is 1. The van der Waals surface area contributed by atoms with Crippen LogP contribution < -0.4 is 10.0 Å². The molecule has 2 atom stereocenters. The molecule has 8 nitrogen and oxygen atoms in total. The van der Waals surface area contributed by atoms with Crippen LogP contribution in [0.5, 0.6) is 0 Å². The zero-order valence-electron chi connectivity index (χ0n) is 18.8. The molecule has 0 amide bonds. The fraction of sp³-hybridized carbons (Fsp3) is 0.545. The van der Waals surface area contributed by atoms with Crippen molar-refractivity contribution in [3.8, 4) is 0 Å². The highest BCUT2D eigenvalue weighted by atomic mass is 32.2. The number of nitrogens with one attached hydrogen (secondary N) is 2. The summed E-state index contributed by atoms with van der Waals surface area (Å²) in [7, 11) is -1.60. The molecule has 9 heteroatoms. The number of likely N-dealkylation sites (tertiary alicyclic amines) is 1. The molecule has 0 radical (unpaired) electrons. The van der Waals surface area contributed by atoms with Gasteiger partial charge in [-0.25, -0.2) is 18.1 Å². The summed E-state index contributed by atoms with van der Waals surface area (Å²) in [5.41, 5.74) is 1.75. The molecule has 0 saturated carbocycles. The summed E-state index contributed by atoms with van der Waals surface area (Å²) in [6.07, 6.45) is 6.78. The smallest absolute Gasteiger partial charge is 0.216 e. The third-order valence-corrected chi connectivity index (χ3v) is 7.18. The summed E-state index contributed by atoms with van der Waals surface area (Å²) >= 11 is 0. The van der Waals surface area contributed by atoms with Crippen LogP contribution in [0.4, 0.5) is 0 Å². The van der Waals surface area contributed by atoms with Gasteiger partial charge in [0.15, 0.2) is 5.96 Å². The molecule has 1 saturated heterocycles. The average Bonchev–Trinajstić information content (AvgIpc) is 3.24. The Morgan fingerprint density at radius 1 is 1.29 bits per heavy atom. The molecule has 2 heterocycles. The lowest BCUT2D eigenvalue weighted by atomic mass is 9.93. The van der Waals surface area contributed by atoms with Crippen molar-refractivity contribution in [3.05, 3.63) is 54.1 Å². The molecule has 170 valence electrons. The number of piperidine rings is 1. The number of imidazole rings is 1. The predicted molar refractivity (Wildman–Crippen MR) is 124 cm³/mol. The van der Waals surface area contributed by atoms with Crippen molar-refractivity contribution in [2.45, 2.75) is 51.6 Å². The van der Waals surface area contributed by atoms with Crippen molar-refractivity contribution in [2.75, 3.05) is 20.1 Å². The number of hydrogen-bond donors (Lipinski definition) is 2. The molecule has 2 N–H and O–H groups in total. The first kappa shape index (κ1) is 23.3. The van der Waals surface area contributed by atoms with Crippen LogP contribution in [0.2, 0.25) is 0 Å². The highest BCUT2D eigenvalue weighted by Crippen LogP contribution is 2.27. The summed E-state index contributed by atoms with van der Waals surface area (Å²) < 4.78 is 29.7. The molecule has 1 aromatic carbocycles. The Morgan fingerprint density at radius 3 is 2.68 bits per heavy atom. The van der Waals surface area contributed by atoms with Gasteiger partial charge < -0.3 is 14.8 Å². The summed E-state index contributed by atoms with van der Waals surface area (Å²) in [6.45, 7) is 8.23. The van der Waals surface area contributed by atoms with E-state index in [9.17, 15) is 8.42 Å². The highest BCUT2D eigenvalue weighted by Gasteiger charge is 2.29. The van der Waals surface area contributed by atoms with E-state index in [1.165, 1.54) is 0 Å². The number of rotatable bonds is 7. The van der Waals surface area contributed by atoms with Gasteiger partial charge in [-0.2, -0.15) is 0 Å². The maximum Gasteiger partial charge on any atom is 0.216 e. The predicted octanol–water partition coefficient (Wildman–Crippen LogP) is 2.37. The standard InChI is InChI=1S/C22H34N6O2S/c1-17(2)26-31(29,30)15-20-8-6-5-7-19(20)13-25-22(23-4)27-11-9-18(3)21(14-27)28-12-10-24-16-28/h5-8,10,12,16-18,21,26H,9,11,13-15H2,1-4H3,(H,23,25). The molecule has 1 aliphatic heterocycles. The monoisotopic (exact) mass is 446 g/mol. The second-order valence-corrected chi connectivity index (χ2v) is 10.2. The van der Waals surface area contributed by atoms with E-state index in [0.717, 1.165) is 36.6 Å². The Bertz CT molecular complexity index is 972. The average molecular weight is 447 g/mol. The van der Waals surface area contributed by atoms with Crippen molar-refractivity contribution in [1.82, 2.24) is 24.5 Å². The van der Waals surface area contributed by atoms with Crippen LogP contribution in [0.15, 0.2) is 48.0 Å². The fourth-order valence-corrected chi connectivity index (χ4v) is 5.57. The van der Waals surface area contributed by atoms with Gasteiger partial charge in [0.1, 0.15) is 0 Å². The van der Waals surface area contributed by atoms with Crippen LogP contribution in [-0.2, 0) is 22.3 Å². The lowest BCUT2D eigenvalue weighted by Crippen LogP contribution is -2.48. The minimum Gasteiger partial charge on any atom is -0.352 e. The molecule has 31 heavy (non-hydrogen) atoms. The Balaban J connectivity index is 1.68. The fourth-order valence-electron chi connectivity index (χ4n) is 4.08. The first-order valence-corrected chi connectivity index (χ1v) is 12.4. The molecule has 0 spiro atoms. The van der Waals surface area contributed by atoms with E-state index in [1.54, 1.807) is 7.05 Å². The van der Waals surface area contributed by atoms with E-state index in [-0.39, 0.29) is 11.8 Å². The van der Waals surface area contributed by atoms with Crippen molar-refractivity contribution < 1.29 is 8.42 Å². The van der Waals surface area contributed by atoms with Crippen LogP contribution in [-0.4, -0.2) is 55.0 Å². The number of benzene rings is 1. The second-order valence-electron chi connectivity index (χ2n) is 8.49. The van der Waals surface area contributed by atoms with Gasteiger partial charge >= 0.3 is 0 Å². The number of aliphatic imine (C=N–C) groups is 1. The lowest BCUT2D eigenvalue weighted by Gasteiger charge is -2.39. The maximum atomic E-state index is 12.4. The van der Waals surface area contributed by atoms with Crippen LogP contribution in [0.3, 0.4) is 0 Å². The number of hydrogen-bond acceptors (Lipinski definition) is 4. The van der Waals surface area contributed by atoms with Gasteiger partial charge in [0.05, 0.1) is 18.1 Å². The van der Waals surface area contributed by atoms with Gasteiger partial charge in [-0.05, 0) is 37.3 Å². The van der Waals surface area contributed by atoms with Crippen molar-refractivity contribution in [3.63, 3.8) is 0 Å². The summed E-state index contributed by atoms with van der Waals surface area (Å²) in [5.74, 6) is 1.35. The molecule has 2 aromatic rings. The number of nitrogens with zero attached hydrogens (tertiary/aromatic N) is 4. The molecule has 2 unspecified atom stereocenters. The molecule has 1 aliphatic rings. The van der Waals surface area contributed by atoms with Gasteiger partial charge in [-0.1, -0.05) is 31.2 Å². The molecular weight excluding hydrogens is 412 g/mol. The largest absolute Gasteiger partial charge is 0.352 e. The van der Waals surface area contributed by atoms with Crippen molar-refractivity contribution in [2.24, 2.45) is 10.9 Å². The van der Waals surface area contributed by atoms with Crippen LogP contribution in [0.1, 0.15) is 44.4 Å². The molecular formula is C22H34N6O2S. The Hall–Kier alpha value is -2.39. The minimum absolute atomic E-state index is 0.0361. The van der Waals surface area contributed by atoms with Crippen LogP contribution in [0, 0.1) is 5.92 Å². The van der Waals surface area contributed by atoms with E-state index in [4.69, 9.17) is 0 Å². The van der Waals surface area contributed by atoms with Crippen LogP contribution in [0.25, 0.3) is 0 Å². The molecule has 0 bridgehead atoms. The Labute approximate surface area is 185 Å². The molecule has 3 rings (SSSR count). The zero-order chi connectivity index (χ0) is 22.4. The minimum atomic E-state index is -3.39. The maximum absolute atomic E-state index is 12.4. The van der Waals surface area contributed by atoms with Crippen molar-refractivity contribution >= 4 is 16.0 Å². The first-order chi connectivity index (χ1) is 14.8. The van der Waals surface area contributed by atoms with Gasteiger partial charge in [0.25, 0.3) is 0 Å². The lowest BCUT2D eigenvalue weighted by molar-refractivity contribution is 0.189. The van der Waals surface area contributed by atoms with E-state index in [2.05, 4.69) is 36.4 Å².